The van der Waals surface area contributed by atoms with E-state index < -0.39 is 11.6 Å². The minimum Gasteiger partial charge on any atom is -0.324 e. The number of hydrogen-bond acceptors (Lipinski definition) is 4. The minimum atomic E-state index is -0.905. The molecule has 2 N–H and O–H groups in total. The third-order valence-corrected chi connectivity index (χ3v) is 2.80. The number of rotatable bonds is 2. The predicted octanol–water partition coefficient (Wildman–Crippen LogP) is 1.94. The molecule has 0 radical (unpaired) electrons. The summed E-state index contributed by atoms with van der Waals surface area (Å²) in [7, 11) is 0. The Kier molecular flexibility index (Phi) is 2.70. The van der Waals surface area contributed by atoms with Crippen molar-refractivity contribution >= 4 is 11.3 Å². The molecule has 0 amide bonds. The normalized spacial score (nSPS) is 10.6. The number of nitrogens with two attached hydrogens (primary N) is 1. The zero-order valence-electron chi connectivity index (χ0n) is 7.58. The molecule has 0 aliphatic carbocycles. The molecule has 6 heteroatoms. The second kappa shape index (κ2) is 4.00. The standard InChI is InChI=1S/C9H7F2N3S/c10-6-3-1-2-5(8(6)11)9-14-13-7(4-12)15-9/h1-3H,4,12H2. The smallest absolute Gasteiger partial charge is 0.169 e. The average Bonchev–Trinajstić information content (AvgIpc) is 2.70. The molecule has 0 spiro atoms. The van der Waals surface area contributed by atoms with Crippen LogP contribution in [0.2, 0.25) is 0 Å². The van der Waals surface area contributed by atoms with Gasteiger partial charge in [0.2, 0.25) is 0 Å². The van der Waals surface area contributed by atoms with Crippen molar-refractivity contribution in [2.24, 2.45) is 5.73 Å². The molecule has 1 aromatic heterocycles. The molecular weight excluding hydrogens is 220 g/mol. The summed E-state index contributed by atoms with van der Waals surface area (Å²) in [6, 6.07) is 3.94. The van der Waals surface area contributed by atoms with E-state index in [2.05, 4.69) is 10.2 Å². The maximum Gasteiger partial charge on any atom is 0.169 e. The van der Waals surface area contributed by atoms with Crippen LogP contribution < -0.4 is 5.73 Å². The molecular formula is C9H7F2N3S. The van der Waals surface area contributed by atoms with Crippen LogP contribution >= 0.6 is 11.3 Å². The van der Waals surface area contributed by atoms with E-state index in [1.54, 1.807) is 0 Å². The van der Waals surface area contributed by atoms with Gasteiger partial charge in [-0.25, -0.2) is 8.78 Å². The Morgan fingerprint density at radius 3 is 2.73 bits per heavy atom. The Morgan fingerprint density at radius 2 is 2.07 bits per heavy atom. The first-order valence-corrected chi connectivity index (χ1v) is 5.01. The Morgan fingerprint density at radius 1 is 1.27 bits per heavy atom. The molecule has 1 aromatic carbocycles. The van der Waals surface area contributed by atoms with Gasteiger partial charge in [0, 0.05) is 6.54 Å². The lowest BCUT2D eigenvalue weighted by Gasteiger charge is -1.97. The molecule has 0 aliphatic rings. The largest absolute Gasteiger partial charge is 0.324 e. The SMILES string of the molecule is NCc1nnc(-c2cccc(F)c2F)s1. The molecule has 0 aliphatic heterocycles. The molecule has 0 atom stereocenters. The third kappa shape index (κ3) is 1.86. The number of benzene rings is 1. The molecule has 0 bridgehead atoms. The minimum absolute atomic E-state index is 0.118. The van der Waals surface area contributed by atoms with Crippen molar-refractivity contribution < 1.29 is 8.78 Å². The molecule has 0 fully saturated rings. The van der Waals surface area contributed by atoms with Crippen LogP contribution in [0.1, 0.15) is 5.01 Å². The maximum atomic E-state index is 13.3. The average molecular weight is 227 g/mol. The van der Waals surface area contributed by atoms with E-state index in [1.807, 2.05) is 0 Å². The molecule has 0 saturated carbocycles. The first-order valence-electron chi connectivity index (χ1n) is 4.19. The second-order valence-electron chi connectivity index (χ2n) is 2.81. The lowest BCUT2D eigenvalue weighted by atomic mass is 10.2. The number of halogens is 2. The summed E-state index contributed by atoms with van der Waals surface area (Å²) in [5, 5.41) is 8.41. The highest BCUT2D eigenvalue weighted by Crippen LogP contribution is 2.26. The fourth-order valence-electron chi connectivity index (χ4n) is 1.11. The topological polar surface area (TPSA) is 51.8 Å². The summed E-state index contributed by atoms with van der Waals surface area (Å²) >= 11 is 1.15. The Balaban J connectivity index is 2.49. The lowest BCUT2D eigenvalue weighted by molar-refractivity contribution is 0.511. The quantitative estimate of drug-likeness (QED) is 0.853. The van der Waals surface area contributed by atoms with E-state index in [4.69, 9.17) is 5.73 Å². The number of hydrogen-bond donors (Lipinski definition) is 1. The Hall–Kier alpha value is -1.40. The van der Waals surface area contributed by atoms with Crippen molar-refractivity contribution in [2.75, 3.05) is 0 Å². The monoisotopic (exact) mass is 227 g/mol. The summed E-state index contributed by atoms with van der Waals surface area (Å²) < 4.78 is 26.2. The molecule has 2 rings (SSSR count). The van der Waals surface area contributed by atoms with E-state index in [0.717, 1.165) is 17.4 Å². The van der Waals surface area contributed by atoms with Gasteiger partial charge < -0.3 is 5.73 Å². The van der Waals surface area contributed by atoms with Crippen molar-refractivity contribution in [3.63, 3.8) is 0 Å². The zero-order valence-corrected chi connectivity index (χ0v) is 8.39. The van der Waals surface area contributed by atoms with Gasteiger partial charge in [0.15, 0.2) is 16.6 Å². The highest BCUT2D eigenvalue weighted by atomic mass is 32.1. The van der Waals surface area contributed by atoms with E-state index in [0.29, 0.717) is 10.0 Å². The maximum absolute atomic E-state index is 13.3. The van der Waals surface area contributed by atoms with Crippen LogP contribution in [-0.4, -0.2) is 10.2 Å². The summed E-state index contributed by atoms with van der Waals surface area (Å²) in [6.45, 7) is 0.245. The predicted molar refractivity (Wildman–Crippen MR) is 53.2 cm³/mol. The van der Waals surface area contributed by atoms with Crippen LogP contribution in [0.4, 0.5) is 8.78 Å². The molecule has 15 heavy (non-hydrogen) atoms. The van der Waals surface area contributed by atoms with E-state index in [9.17, 15) is 8.78 Å². The first-order chi connectivity index (χ1) is 7.22. The van der Waals surface area contributed by atoms with Gasteiger partial charge in [-0.3, -0.25) is 0 Å². The van der Waals surface area contributed by atoms with Crippen LogP contribution in [0.5, 0.6) is 0 Å². The molecule has 0 unspecified atom stereocenters. The van der Waals surface area contributed by atoms with E-state index in [-0.39, 0.29) is 12.1 Å². The lowest BCUT2D eigenvalue weighted by Crippen LogP contribution is -1.94. The van der Waals surface area contributed by atoms with Crippen LogP contribution in [0.15, 0.2) is 18.2 Å². The zero-order chi connectivity index (χ0) is 10.8. The number of aromatic nitrogens is 2. The van der Waals surface area contributed by atoms with Crippen LogP contribution in [0.25, 0.3) is 10.6 Å². The highest BCUT2D eigenvalue weighted by molar-refractivity contribution is 7.14. The van der Waals surface area contributed by atoms with Gasteiger partial charge in [-0.15, -0.1) is 10.2 Å². The molecule has 1 heterocycles. The van der Waals surface area contributed by atoms with Gasteiger partial charge in [0.1, 0.15) is 5.01 Å². The first kappa shape index (κ1) is 10.1. The van der Waals surface area contributed by atoms with Gasteiger partial charge in [-0.05, 0) is 12.1 Å². The van der Waals surface area contributed by atoms with Gasteiger partial charge in [-0.2, -0.15) is 0 Å². The van der Waals surface area contributed by atoms with Crippen molar-refractivity contribution in [2.45, 2.75) is 6.54 Å². The second-order valence-corrected chi connectivity index (χ2v) is 3.87. The van der Waals surface area contributed by atoms with Gasteiger partial charge in [0.05, 0.1) is 5.56 Å². The van der Waals surface area contributed by atoms with Gasteiger partial charge in [0.25, 0.3) is 0 Å². The van der Waals surface area contributed by atoms with Crippen LogP contribution in [0, 0.1) is 11.6 Å². The summed E-state index contributed by atoms with van der Waals surface area (Å²) in [6.07, 6.45) is 0. The fourth-order valence-corrected chi connectivity index (χ4v) is 1.85. The number of nitrogens with zero attached hydrogens (tertiary/aromatic N) is 2. The van der Waals surface area contributed by atoms with Crippen molar-refractivity contribution in [1.29, 1.82) is 0 Å². The van der Waals surface area contributed by atoms with Crippen LogP contribution in [0.3, 0.4) is 0 Å². The summed E-state index contributed by atoms with van der Waals surface area (Å²) in [5.41, 5.74) is 5.47. The van der Waals surface area contributed by atoms with Crippen molar-refractivity contribution in [3.05, 3.63) is 34.8 Å². The van der Waals surface area contributed by atoms with Crippen molar-refractivity contribution in [1.82, 2.24) is 10.2 Å². The third-order valence-electron chi connectivity index (χ3n) is 1.82. The van der Waals surface area contributed by atoms with E-state index >= 15 is 0 Å². The summed E-state index contributed by atoms with van der Waals surface area (Å²) in [4.78, 5) is 0. The molecule has 0 saturated heterocycles. The highest BCUT2D eigenvalue weighted by Gasteiger charge is 2.13. The van der Waals surface area contributed by atoms with Gasteiger partial charge >= 0.3 is 0 Å². The Labute approximate surface area is 88.6 Å². The van der Waals surface area contributed by atoms with Crippen LogP contribution in [-0.2, 0) is 6.54 Å². The molecule has 3 nitrogen and oxygen atoms in total. The van der Waals surface area contributed by atoms with E-state index in [1.165, 1.54) is 12.1 Å². The summed E-state index contributed by atoms with van der Waals surface area (Å²) in [5.74, 6) is -1.80. The molecule has 2 aromatic rings. The fraction of sp³-hybridized carbons (Fsp3) is 0.111. The van der Waals surface area contributed by atoms with Crippen molar-refractivity contribution in [3.8, 4) is 10.6 Å². The molecule has 78 valence electrons. The Bertz CT molecular complexity index is 484. The van der Waals surface area contributed by atoms with Gasteiger partial charge in [-0.1, -0.05) is 17.4 Å².